The van der Waals surface area contributed by atoms with E-state index in [1.165, 1.54) is 0 Å². The maximum atomic E-state index is 12.6. The van der Waals surface area contributed by atoms with Gasteiger partial charge in [0.05, 0.1) is 30.5 Å². The molecule has 1 heterocycles. The Labute approximate surface area is 168 Å². The molecular weight excluding hydrogens is 368 g/mol. The number of nitrogens with one attached hydrogen (secondary N) is 2. The monoisotopic (exact) mass is 388 g/mol. The molecule has 0 aliphatic carbocycles. The molecule has 3 aromatic carbocycles. The highest BCUT2D eigenvalue weighted by Crippen LogP contribution is 2.33. The van der Waals surface area contributed by atoms with Crippen molar-refractivity contribution in [3.8, 4) is 5.75 Å². The molecular formula is C23H20N2O4. The number of para-hydroxylation sites is 2. The number of methoxy groups -OCH3 is 1. The van der Waals surface area contributed by atoms with Crippen molar-refractivity contribution < 1.29 is 19.1 Å². The van der Waals surface area contributed by atoms with Gasteiger partial charge in [0, 0.05) is 11.3 Å². The number of benzene rings is 3. The molecule has 0 aromatic heterocycles. The van der Waals surface area contributed by atoms with Gasteiger partial charge in [0.15, 0.2) is 0 Å². The van der Waals surface area contributed by atoms with Crippen LogP contribution in [-0.2, 0) is 9.53 Å². The molecule has 1 amide bonds. The minimum Gasteiger partial charge on any atom is -0.497 e. The number of fused-ring (bicyclic) bond motifs is 1. The Morgan fingerprint density at radius 1 is 0.966 bits per heavy atom. The first-order chi connectivity index (χ1) is 14.1. The number of carbonyl (C=O) groups excluding carboxylic acids is 2. The first-order valence-corrected chi connectivity index (χ1v) is 9.24. The first kappa shape index (κ1) is 18.6. The van der Waals surface area contributed by atoms with E-state index >= 15 is 0 Å². The van der Waals surface area contributed by atoms with Crippen molar-refractivity contribution in [3.63, 3.8) is 0 Å². The Morgan fingerprint density at radius 3 is 2.41 bits per heavy atom. The zero-order valence-corrected chi connectivity index (χ0v) is 15.8. The summed E-state index contributed by atoms with van der Waals surface area (Å²) in [7, 11) is 1.62. The molecule has 0 fully saturated rings. The van der Waals surface area contributed by atoms with Crippen LogP contribution in [-0.4, -0.2) is 19.0 Å². The Kier molecular flexibility index (Phi) is 5.16. The smallest absolute Gasteiger partial charge is 0.339 e. The van der Waals surface area contributed by atoms with Crippen LogP contribution in [0.15, 0.2) is 72.8 Å². The van der Waals surface area contributed by atoms with Gasteiger partial charge in [0.2, 0.25) is 5.91 Å². The summed E-state index contributed by atoms with van der Waals surface area (Å²) in [6.07, 6.45) is -0.514. The predicted octanol–water partition coefficient (Wildman–Crippen LogP) is 4.68. The van der Waals surface area contributed by atoms with Gasteiger partial charge in [-0.15, -0.1) is 0 Å². The van der Waals surface area contributed by atoms with Gasteiger partial charge in [-0.2, -0.15) is 0 Å². The summed E-state index contributed by atoms with van der Waals surface area (Å²) in [5.41, 5.74) is 3.54. The minimum atomic E-state index is -0.569. The highest BCUT2D eigenvalue weighted by atomic mass is 16.5. The molecule has 3 aromatic rings. The standard InChI is InChI=1S/C23H20N2O4/c1-28-16-12-10-15(11-13-16)24-19-8-4-5-9-20(19)25-22(26)14-21-17-6-2-3-7-18(17)23(27)29-21/h2-13,21,24H,14H2,1H3,(H,25,26)/t21-/m1/s1. The molecule has 29 heavy (non-hydrogen) atoms. The molecule has 0 radical (unpaired) electrons. The van der Waals surface area contributed by atoms with E-state index in [9.17, 15) is 9.59 Å². The van der Waals surface area contributed by atoms with Crippen molar-refractivity contribution in [1.82, 2.24) is 0 Å². The van der Waals surface area contributed by atoms with Gasteiger partial charge >= 0.3 is 5.97 Å². The van der Waals surface area contributed by atoms with Crippen molar-refractivity contribution in [1.29, 1.82) is 0 Å². The summed E-state index contributed by atoms with van der Waals surface area (Å²) in [5.74, 6) is 0.145. The Balaban J connectivity index is 1.46. The molecule has 2 N–H and O–H groups in total. The van der Waals surface area contributed by atoms with E-state index in [4.69, 9.17) is 9.47 Å². The van der Waals surface area contributed by atoms with Gasteiger partial charge in [0.25, 0.3) is 0 Å². The zero-order chi connectivity index (χ0) is 20.2. The molecule has 1 aliphatic rings. The van der Waals surface area contributed by atoms with E-state index in [1.54, 1.807) is 19.2 Å². The van der Waals surface area contributed by atoms with Crippen LogP contribution < -0.4 is 15.4 Å². The third-order valence-corrected chi connectivity index (χ3v) is 4.72. The third kappa shape index (κ3) is 4.06. The number of hydrogen-bond donors (Lipinski definition) is 2. The van der Waals surface area contributed by atoms with E-state index in [0.29, 0.717) is 11.3 Å². The topological polar surface area (TPSA) is 76.7 Å². The lowest BCUT2D eigenvalue weighted by molar-refractivity contribution is -0.118. The van der Waals surface area contributed by atoms with Crippen molar-refractivity contribution in [2.45, 2.75) is 12.5 Å². The molecule has 1 aliphatic heterocycles. The molecule has 1 atom stereocenters. The Morgan fingerprint density at radius 2 is 1.66 bits per heavy atom. The van der Waals surface area contributed by atoms with E-state index < -0.39 is 6.10 Å². The molecule has 6 nitrogen and oxygen atoms in total. The Bertz CT molecular complexity index is 1050. The van der Waals surface area contributed by atoms with E-state index in [-0.39, 0.29) is 18.3 Å². The van der Waals surface area contributed by atoms with Crippen LogP contribution in [0.2, 0.25) is 0 Å². The second-order valence-electron chi connectivity index (χ2n) is 6.63. The van der Waals surface area contributed by atoms with E-state index in [0.717, 1.165) is 22.7 Å². The lowest BCUT2D eigenvalue weighted by Gasteiger charge is -2.15. The van der Waals surface area contributed by atoms with Gasteiger partial charge in [-0.05, 0) is 42.5 Å². The highest BCUT2D eigenvalue weighted by Gasteiger charge is 2.32. The lowest BCUT2D eigenvalue weighted by atomic mass is 10.0. The van der Waals surface area contributed by atoms with Crippen LogP contribution in [0.1, 0.15) is 28.4 Å². The number of hydrogen-bond acceptors (Lipinski definition) is 5. The van der Waals surface area contributed by atoms with Crippen molar-refractivity contribution in [3.05, 3.63) is 83.9 Å². The number of amides is 1. The fraction of sp³-hybridized carbons (Fsp3) is 0.130. The maximum absolute atomic E-state index is 12.6. The highest BCUT2D eigenvalue weighted by molar-refractivity contribution is 5.98. The summed E-state index contributed by atoms with van der Waals surface area (Å²) in [4.78, 5) is 24.6. The van der Waals surface area contributed by atoms with Gasteiger partial charge in [-0.3, -0.25) is 4.79 Å². The molecule has 146 valence electrons. The summed E-state index contributed by atoms with van der Waals surface area (Å²) >= 11 is 0. The third-order valence-electron chi connectivity index (χ3n) is 4.72. The fourth-order valence-corrected chi connectivity index (χ4v) is 3.27. The van der Waals surface area contributed by atoms with E-state index in [1.807, 2.05) is 60.7 Å². The van der Waals surface area contributed by atoms with Crippen LogP contribution in [0.5, 0.6) is 5.75 Å². The summed E-state index contributed by atoms with van der Waals surface area (Å²) in [6, 6.07) is 22.1. The average Bonchev–Trinajstić information content (AvgIpc) is 3.05. The van der Waals surface area contributed by atoms with Crippen LogP contribution in [0.4, 0.5) is 17.1 Å². The van der Waals surface area contributed by atoms with E-state index in [2.05, 4.69) is 10.6 Å². The van der Waals surface area contributed by atoms with Crippen molar-refractivity contribution in [2.75, 3.05) is 17.7 Å². The molecule has 4 rings (SSSR count). The lowest BCUT2D eigenvalue weighted by Crippen LogP contribution is -2.16. The number of carbonyl (C=O) groups is 2. The summed E-state index contributed by atoms with van der Waals surface area (Å²) in [5, 5.41) is 6.20. The summed E-state index contributed by atoms with van der Waals surface area (Å²) < 4.78 is 10.5. The average molecular weight is 388 g/mol. The molecule has 0 bridgehead atoms. The van der Waals surface area contributed by atoms with Crippen molar-refractivity contribution >= 4 is 28.9 Å². The first-order valence-electron chi connectivity index (χ1n) is 9.24. The van der Waals surface area contributed by atoms with Crippen LogP contribution in [0.3, 0.4) is 0 Å². The minimum absolute atomic E-state index is 0.0552. The molecule has 6 heteroatoms. The van der Waals surface area contributed by atoms with Crippen molar-refractivity contribution in [2.24, 2.45) is 0 Å². The van der Waals surface area contributed by atoms with Crippen LogP contribution >= 0.6 is 0 Å². The number of rotatable bonds is 6. The van der Waals surface area contributed by atoms with Gasteiger partial charge < -0.3 is 20.1 Å². The quantitative estimate of drug-likeness (QED) is 0.600. The SMILES string of the molecule is COc1ccc(Nc2ccccc2NC(=O)C[C@H]2OC(=O)c3ccccc32)cc1. The molecule has 0 saturated heterocycles. The molecule has 0 spiro atoms. The second-order valence-corrected chi connectivity index (χ2v) is 6.63. The largest absolute Gasteiger partial charge is 0.497 e. The fourth-order valence-electron chi connectivity index (χ4n) is 3.27. The van der Waals surface area contributed by atoms with Gasteiger partial charge in [0.1, 0.15) is 11.9 Å². The van der Waals surface area contributed by atoms with Crippen LogP contribution in [0, 0.1) is 0 Å². The number of cyclic esters (lactones) is 1. The molecule has 0 unspecified atom stereocenters. The van der Waals surface area contributed by atoms with Gasteiger partial charge in [-0.25, -0.2) is 4.79 Å². The normalized spacial score (nSPS) is 14.7. The zero-order valence-electron chi connectivity index (χ0n) is 15.8. The predicted molar refractivity (Wildman–Crippen MR) is 111 cm³/mol. The van der Waals surface area contributed by atoms with Crippen LogP contribution in [0.25, 0.3) is 0 Å². The molecule has 0 saturated carbocycles. The Hall–Kier alpha value is -3.80. The second kappa shape index (κ2) is 8.06. The number of anilines is 3. The number of esters is 1. The summed E-state index contributed by atoms with van der Waals surface area (Å²) in [6.45, 7) is 0. The maximum Gasteiger partial charge on any atom is 0.339 e. The van der Waals surface area contributed by atoms with Gasteiger partial charge in [-0.1, -0.05) is 30.3 Å². The number of ether oxygens (including phenoxy) is 2.